The van der Waals surface area contributed by atoms with E-state index in [0.717, 1.165) is 16.7 Å². The van der Waals surface area contributed by atoms with Crippen molar-refractivity contribution in [2.45, 2.75) is 27.7 Å². The second-order valence-corrected chi connectivity index (χ2v) is 6.64. The molecule has 4 N–H and O–H groups in total. The molecule has 0 radical (unpaired) electrons. The molecule has 0 aliphatic heterocycles. The SMILES string of the molecule is C=C(C)C(=O)Oc1ccc(-c2ccc(OC(=O)C(=C)C)c(N)c2N)c(C)c1C. The molecule has 0 aromatic heterocycles. The van der Waals surface area contributed by atoms with Crippen LogP contribution in [-0.4, -0.2) is 11.9 Å². The van der Waals surface area contributed by atoms with Crippen molar-refractivity contribution in [3.63, 3.8) is 0 Å². The monoisotopic (exact) mass is 380 g/mol. The number of hydrogen-bond donors (Lipinski definition) is 2. The zero-order valence-corrected chi connectivity index (χ0v) is 16.5. The largest absolute Gasteiger partial charge is 0.423 e. The number of nitrogens with two attached hydrogens (primary N) is 2. The Labute approximate surface area is 164 Å². The number of nitrogen functional groups attached to an aromatic ring is 2. The summed E-state index contributed by atoms with van der Waals surface area (Å²) >= 11 is 0. The molecule has 0 amide bonds. The maximum atomic E-state index is 11.8. The summed E-state index contributed by atoms with van der Waals surface area (Å²) in [6.45, 7) is 14.0. The molecule has 2 aromatic rings. The quantitative estimate of drug-likeness (QED) is 0.350. The Morgan fingerprint density at radius 3 is 1.75 bits per heavy atom. The Kier molecular flexibility index (Phi) is 5.93. The molecule has 0 spiro atoms. The van der Waals surface area contributed by atoms with Crippen molar-refractivity contribution in [2.24, 2.45) is 0 Å². The van der Waals surface area contributed by atoms with Gasteiger partial charge in [-0.3, -0.25) is 0 Å². The predicted octanol–water partition coefficient (Wildman–Crippen LogP) is 4.10. The van der Waals surface area contributed by atoms with Crippen molar-refractivity contribution in [3.8, 4) is 22.6 Å². The maximum Gasteiger partial charge on any atom is 0.338 e. The molecule has 0 atom stereocenters. The van der Waals surface area contributed by atoms with Crippen LogP contribution in [0.5, 0.6) is 11.5 Å². The molecule has 0 aliphatic carbocycles. The lowest BCUT2D eigenvalue weighted by Gasteiger charge is -2.17. The molecule has 0 aliphatic rings. The van der Waals surface area contributed by atoms with Crippen LogP contribution < -0.4 is 20.9 Å². The molecule has 0 unspecified atom stereocenters. The summed E-state index contributed by atoms with van der Waals surface area (Å²) in [5.41, 5.74) is 16.5. The van der Waals surface area contributed by atoms with Crippen LogP contribution in [0.3, 0.4) is 0 Å². The highest BCUT2D eigenvalue weighted by Crippen LogP contribution is 2.40. The van der Waals surface area contributed by atoms with Gasteiger partial charge in [0.15, 0.2) is 5.75 Å². The van der Waals surface area contributed by atoms with E-state index in [-0.39, 0.29) is 17.0 Å². The number of rotatable bonds is 5. The summed E-state index contributed by atoms with van der Waals surface area (Å²) in [4.78, 5) is 23.5. The predicted molar refractivity (Wildman–Crippen MR) is 111 cm³/mol. The van der Waals surface area contributed by atoms with E-state index in [4.69, 9.17) is 20.9 Å². The van der Waals surface area contributed by atoms with Crippen molar-refractivity contribution >= 4 is 23.3 Å². The fourth-order valence-corrected chi connectivity index (χ4v) is 2.51. The maximum absolute atomic E-state index is 11.8. The van der Waals surface area contributed by atoms with E-state index in [1.54, 1.807) is 38.1 Å². The number of ether oxygens (including phenoxy) is 2. The van der Waals surface area contributed by atoms with Gasteiger partial charge in [0.1, 0.15) is 5.75 Å². The van der Waals surface area contributed by atoms with Crippen molar-refractivity contribution in [1.29, 1.82) is 0 Å². The van der Waals surface area contributed by atoms with E-state index < -0.39 is 11.9 Å². The number of esters is 2. The van der Waals surface area contributed by atoms with Crippen LogP contribution in [0.25, 0.3) is 11.1 Å². The Bertz CT molecular complexity index is 925. The van der Waals surface area contributed by atoms with Crippen molar-refractivity contribution in [3.05, 3.63) is 59.7 Å². The zero-order valence-electron chi connectivity index (χ0n) is 16.5. The van der Waals surface area contributed by atoms with E-state index in [0.29, 0.717) is 22.6 Å². The van der Waals surface area contributed by atoms with E-state index >= 15 is 0 Å². The highest BCUT2D eigenvalue weighted by Gasteiger charge is 2.18. The van der Waals surface area contributed by atoms with E-state index in [1.165, 1.54) is 0 Å². The third kappa shape index (κ3) is 4.06. The minimum Gasteiger partial charge on any atom is -0.423 e. The Hall–Kier alpha value is -3.54. The first-order valence-corrected chi connectivity index (χ1v) is 8.58. The Morgan fingerprint density at radius 1 is 0.750 bits per heavy atom. The van der Waals surface area contributed by atoms with Gasteiger partial charge >= 0.3 is 11.9 Å². The van der Waals surface area contributed by atoms with Crippen LogP contribution in [0.1, 0.15) is 25.0 Å². The van der Waals surface area contributed by atoms with Crippen molar-refractivity contribution in [2.75, 3.05) is 11.5 Å². The Morgan fingerprint density at radius 2 is 1.21 bits per heavy atom. The molecule has 28 heavy (non-hydrogen) atoms. The van der Waals surface area contributed by atoms with Crippen molar-refractivity contribution < 1.29 is 19.1 Å². The van der Waals surface area contributed by atoms with Crippen LogP contribution in [-0.2, 0) is 9.59 Å². The van der Waals surface area contributed by atoms with Gasteiger partial charge in [-0.2, -0.15) is 0 Å². The number of carbonyl (C=O) groups excluding carboxylic acids is 2. The molecule has 0 fully saturated rings. The lowest BCUT2D eigenvalue weighted by atomic mass is 9.94. The van der Waals surface area contributed by atoms with Crippen LogP contribution in [0, 0.1) is 13.8 Å². The smallest absolute Gasteiger partial charge is 0.338 e. The van der Waals surface area contributed by atoms with Gasteiger partial charge in [-0.1, -0.05) is 19.2 Å². The van der Waals surface area contributed by atoms with Gasteiger partial charge in [0, 0.05) is 16.7 Å². The van der Waals surface area contributed by atoms with E-state index in [9.17, 15) is 9.59 Å². The summed E-state index contributed by atoms with van der Waals surface area (Å²) < 4.78 is 10.6. The molecule has 0 bridgehead atoms. The normalized spacial score (nSPS) is 10.3. The third-order valence-electron chi connectivity index (χ3n) is 4.38. The molecular weight excluding hydrogens is 356 g/mol. The summed E-state index contributed by atoms with van der Waals surface area (Å²) in [5, 5.41) is 0. The molecule has 2 aromatic carbocycles. The van der Waals surface area contributed by atoms with Crippen LogP contribution in [0.4, 0.5) is 11.4 Å². The van der Waals surface area contributed by atoms with Crippen LogP contribution in [0.15, 0.2) is 48.6 Å². The second-order valence-electron chi connectivity index (χ2n) is 6.64. The average Bonchev–Trinajstić information content (AvgIpc) is 2.63. The van der Waals surface area contributed by atoms with Gasteiger partial charge < -0.3 is 20.9 Å². The lowest BCUT2D eigenvalue weighted by Crippen LogP contribution is -2.11. The first kappa shape index (κ1) is 20.8. The molecule has 6 nitrogen and oxygen atoms in total. The van der Waals surface area contributed by atoms with Gasteiger partial charge in [-0.05, 0) is 62.6 Å². The van der Waals surface area contributed by atoms with Crippen LogP contribution >= 0.6 is 0 Å². The molecular formula is C22H24N2O4. The highest BCUT2D eigenvalue weighted by molar-refractivity contribution is 5.94. The summed E-state index contributed by atoms with van der Waals surface area (Å²) in [5.74, 6) is -0.430. The van der Waals surface area contributed by atoms with Gasteiger partial charge in [0.25, 0.3) is 0 Å². The molecule has 146 valence electrons. The van der Waals surface area contributed by atoms with Crippen molar-refractivity contribution in [1.82, 2.24) is 0 Å². The molecule has 6 heteroatoms. The van der Waals surface area contributed by atoms with E-state index in [1.807, 2.05) is 13.8 Å². The standard InChI is InChI=1S/C22H24N2O4/c1-11(2)21(25)27-17-9-7-15(13(5)14(17)6)16-8-10-18(20(24)19(16)23)28-22(26)12(3)4/h7-10H,1,3,23-24H2,2,4-6H3. The molecule has 0 saturated heterocycles. The molecule has 0 heterocycles. The first-order chi connectivity index (χ1) is 13.0. The highest BCUT2D eigenvalue weighted by atomic mass is 16.5. The summed E-state index contributed by atoms with van der Waals surface area (Å²) in [6.07, 6.45) is 0. The third-order valence-corrected chi connectivity index (χ3v) is 4.38. The molecule has 0 saturated carbocycles. The molecule has 2 rings (SSSR count). The van der Waals surface area contributed by atoms with Gasteiger partial charge in [-0.15, -0.1) is 0 Å². The summed E-state index contributed by atoms with van der Waals surface area (Å²) in [7, 11) is 0. The van der Waals surface area contributed by atoms with Gasteiger partial charge in [-0.25, -0.2) is 9.59 Å². The minimum atomic E-state index is -0.574. The van der Waals surface area contributed by atoms with E-state index in [2.05, 4.69) is 13.2 Å². The second kappa shape index (κ2) is 8.00. The number of benzene rings is 2. The summed E-state index contributed by atoms with van der Waals surface area (Å²) in [6, 6.07) is 6.82. The van der Waals surface area contributed by atoms with Crippen LogP contribution in [0.2, 0.25) is 0 Å². The average molecular weight is 380 g/mol. The number of hydrogen-bond acceptors (Lipinski definition) is 6. The number of anilines is 2. The fourth-order valence-electron chi connectivity index (χ4n) is 2.51. The Balaban J connectivity index is 2.45. The minimum absolute atomic E-state index is 0.168. The fraction of sp³-hybridized carbons (Fsp3) is 0.182. The first-order valence-electron chi connectivity index (χ1n) is 8.58. The topological polar surface area (TPSA) is 105 Å². The van der Waals surface area contributed by atoms with Gasteiger partial charge in [0.2, 0.25) is 0 Å². The lowest BCUT2D eigenvalue weighted by molar-refractivity contribution is -0.130. The van der Waals surface area contributed by atoms with Gasteiger partial charge in [0.05, 0.1) is 11.4 Å². The zero-order chi connectivity index (χ0) is 21.2. The number of carbonyl (C=O) groups is 2.